The molecule has 0 fully saturated rings. The van der Waals surface area contributed by atoms with Crippen LogP contribution in [0.25, 0.3) is 0 Å². The summed E-state index contributed by atoms with van der Waals surface area (Å²) in [4.78, 5) is 0. The SMILES string of the molecule is CCc1cc2c(O)c(c1)COCc1cc(C(C)(C)C)cc(c1O)COCc1cccc(c1O)COC2. The average molecular weight is 493 g/mol. The maximum Gasteiger partial charge on any atom is 0.126 e. The lowest BCUT2D eigenvalue weighted by Gasteiger charge is -2.23. The summed E-state index contributed by atoms with van der Waals surface area (Å²) in [5, 5.41) is 32.7. The van der Waals surface area contributed by atoms with Gasteiger partial charge in [-0.3, -0.25) is 0 Å². The Morgan fingerprint density at radius 1 is 0.611 bits per heavy atom. The van der Waals surface area contributed by atoms with Gasteiger partial charge in [0, 0.05) is 33.4 Å². The van der Waals surface area contributed by atoms with E-state index in [2.05, 4.69) is 27.7 Å². The first-order valence-electron chi connectivity index (χ1n) is 12.4. The monoisotopic (exact) mass is 492 g/mol. The lowest BCUT2D eigenvalue weighted by Crippen LogP contribution is -2.13. The van der Waals surface area contributed by atoms with E-state index in [4.69, 9.17) is 14.2 Å². The zero-order valence-corrected chi connectivity index (χ0v) is 21.6. The minimum absolute atomic E-state index is 0.132. The number of phenols is 3. The summed E-state index contributed by atoms with van der Waals surface area (Å²) in [6, 6.07) is 13.3. The number of aromatic hydroxyl groups is 3. The molecule has 0 saturated carbocycles. The molecule has 6 nitrogen and oxygen atoms in total. The number of ether oxygens (including phenoxy) is 3. The van der Waals surface area contributed by atoms with Crippen LogP contribution in [0.3, 0.4) is 0 Å². The van der Waals surface area contributed by atoms with Crippen LogP contribution in [-0.4, -0.2) is 15.3 Å². The van der Waals surface area contributed by atoms with Crippen molar-refractivity contribution in [3.05, 3.63) is 87.0 Å². The van der Waals surface area contributed by atoms with Gasteiger partial charge in [-0.1, -0.05) is 45.9 Å². The molecule has 6 heteroatoms. The van der Waals surface area contributed by atoms with Crippen molar-refractivity contribution in [1.29, 1.82) is 0 Å². The van der Waals surface area contributed by atoms with E-state index in [1.807, 2.05) is 42.5 Å². The number of hydrogen-bond donors (Lipinski definition) is 3. The fourth-order valence-electron chi connectivity index (χ4n) is 4.36. The number of para-hydroxylation sites is 1. The Kier molecular flexibility index (Phi) is 7.88. The molecule has 0 spiro atoms. The summed E-state index contributed by atoms with van der Waals surface area (Å²) in [7, 11) is 0. The Labute approximate surface area is 213 Å². The molecule has 4 rings (SSSR count). The molecule has 0 unspecified atom stereocenters. The van der Waals surface area contributed by atoms with Gasteiger partial charge in [-0.15, -0.1) is 0 Å². The topological polar surface area (TPSA) is 88.4 Å². The molecule has 3 aromatic carbocycles. The molecule has 1 aliphatic heterocycles. The molecular formula is C30H36O6. The molecule has 3 N–H and O–H groups in total. The van der Waals surface area contributed by atoms with Gasteiger partial charge in [0.25, 0.3) is 0 Å². The highest BCUT2D eigenvalue weighted by molar-refractivity contribution is 5.46. The predicted molar refractivity (Wildman–Crippen MR) is 138 cm³/mol. The van der Waals surface area contributed by atoms with Gasteiger partial charge in [0.2, 0.25) is 0 Å². The highest BCUT2D eigenvalue weighted by Crippen LogP contribution is 2.34. The predicted octanol–water partition coefficient (Wildman–Crippen LogP) is 6.13. The fraction of sp³-hybridized carbons (Fsp3) is 0.400. The number of hydrogen-bond acceptors (Lipinski definition) is 6. The molecule has 3 aromatic rings. The maximum atomic E-state index is 11.0. The first-order valence-corrected chi connectivity index (χ1v) is 12.4. The van der Waals surface area contributed by atoms with Gasteiger partial charge in [0.15, 0.2) is 0 Å². The van der Waals surface area contributed by atoms with Crippen LogP contribution in [0, 0.1) is 0 Å². The zero-order chi connectivity index (χ0) is 25.9. The van der Waals surface area contributed by atoms with Gasteiger partial charge in [-0.25, -0.2) is 0 Å². The Balaban J connectivity index is 1.74. The minimum Gasteiger partial charge on any atom is -0.507 e. The van der Waals surface area contributed by atoms with Crippen molar-refractivity contribution in [2.75, 3.05) is 0 Å². The van der Waals surface area contributed by atoms with Gasteiger partial charge in [0.1, 0.15) is 17.2 Å². The van der Waals surface area contributed by atoms with Gasteiger partial charge < -0.3 is 29.5 Å². The van der Waals surface area contributed by atoms with E-state index in [9.17, 15) is 15.3 Å². The lowest BCUT2D eigenvalue weighted by atomic mass is 9.85. The van der Waals surface area contributed by atoms with Crippen molar-refractivity contribution in [3.8, 4) is 17.2 Å². The van der Waals surface area contributed by atoms with Crippen LogP contribution in [0.5, 0.6) is 17.2 Å². The first kappa shape index (κ1) is 26.0. The number of aryl methyl sites for hydroxylation is 1. The molecule has 1 aliphatic rings. The molecule has 0 aromatic heterocycles. The third-order valence-corrected chi connectivity index (χ3v) is 6.62. The van der Waals surface area contributed by atoms with Gasteiger partial charge >= 0.3 is 0 Å². The Hall–Kier alpha value is -3.06. The molecular weight excluding hydrogens is 456 g/mol. The van der Waals surface area contributed by atoms with E-state index < -0.39 is 0 Å². The molecule has 0 saturated heterocycles. The van der Waals surface area contributed by atoms with Crippen LogP contribution in [0.1, 0.15) is 72.2 Å². The van der Waals surface area contributed by atoms with Crippen LogP contribution < -0.4 is 0 Å². The smallest absolute Gasteiger partial charge is 0.126 e. The molecule has 0 aliphatic carbocycles. The van der Waals surface area contributed by atoms with E-state index in [1.165, 1.54) is 0 Å². The average Bonchev–Trinajstić information content (AvgIpc) is 2.83. The van der Waals surface area contributed by atoms with Crippen LogP contribution in [0.15, 0.2) is 42.5 Å². The Bertz CT molecular complexity index is 1230. The van der Waals surface area contributed by atoms with Crippen molar-refractivity contribution in [2.45, 2.75) is 79.2 Å². The number of phenolic OH excluding ortho intramolecular Hbond substituents is 3. The number of rotatable bonds is 1. The van der Waals surface area contributed by atoms with Crippen molar-refractivity contribution >= 4 is 0 Å². The van der Waals surface area contributed by atoms with E-state index in [0.717, 1.165) is 17.5 Å². The van der Waals surface area contributed by atoms with Crippen molar-refractivity contribution in [3.63, 3.8) is 0 Å². The summed E-state index contributed by atoms with van der Waals surface area (Å²) < 4.78 is 17.8. The van der Waals surface area contributed by atoms with Gasteiger partial charge in [-0.2, -0.15) is 0 Å². The van der Waals surface area contributed by atoms with Crippen molar-refractivity contribution in [1.82, 2.24) is 0 Å². The molecule has 36 heavy (non-hydrogen) atoms. The molecule has 0 atom stereocenters. The standard InChI is InChI=1S/C30H36O6/c1-5-19-9-22-15-34-13-20-7-6-8-21(27(20)31)14-35-17-24-11-26(30(2,3)4)12-25(29(24)33)18-36-16-23(10-19)28(22)32/h6-12,31-33H,5,13-18H2,1-4H3. The zero-order valence-electron chi connectivity index (χ0n) is 21.6. The largest absolute Gasteiger partial charge is 0.507 e. The quantitative estimate of drug-likeness (QED) is 0.379. The summed E-state index contributed by atoms with van der Waals surface area (Å²) in [5.41, 5.74) is 5.97. The molecule has 1 heterocycles. The van der Waals surface area contributed by atoms with Crippen LogP contribution in [-0.2, 0) is 65.7 Å². The van der Waals surface area contributed by atoms with E-state index >= 15 is 0 Å². The van der Waals surface area contributed by atoms with E-state index in [-0.39, 0.29) is 62.3 Å². The minimum atomic E-state index is -0.135. The maximum absolute atomic E-state index is 11.0. The summed E-state index contributed by atoms with van der Waals surface area (Å²) in [6.45, 7) is 9.57. The van der Waals surface area contributed by atoms with E-state index in [1.54, 1.807) is 0 Å². The second-order valence-electron chi connectivity index (χ2n) is 10.4. The summed E-state index contributed by atoms with van der Waals surface area (Å²) in [5.74, 6) is 0.420. The second-order valence-corrected chi connectivity index (χ2v) is 10.4. The van der Waals surface area contributed by atoms with Crippen molar-refractivity contribution in [2.24, 2.45) is 0 Å². The fourth-order valence-corrected chi connectivity index (χ4v) is 4.36. The number of benzene rings is 3. The normalized spacial score (nSPS) is 15.2. The lowest BCUT2D eigenvalue weighted by molar-refractivity contribution is 0.0930. The molecule has 0 amide bonds. The van der Waals surface area contributed by atoms with Crippen LogP contribution in [0.2, 0.25) is 0 Å². The molecule has 6 bridgehead atoms. The third kappa shape index (κ3) is 5.84. The van der Waals surface area contributed by atoms with Crippen LogP contribution in [0.4, 0.5) is 0 Å². The molecule has 192 valence electrons. The summed E-state index contributed by atoms with van der Waals surface area (Å²) in [6.07, 6.45) is 0.806. The molecule has 0 radical (unpaired) electrons. The van der Waals surface area contributed by atoms with Gasteiger partial charge in [-0.05, 0) is 47.2 Å². The Morgan fingerprint density at radius 3 is 1.36 bits per heavy atom. The van der Waals surface area contributed by atoms with E-state index in [0.29, 0.717) is 33.4 Å². The Morgan fingerprint density at radius 2 is 0.972 bits per heavy atom. The van der Waals surface area contributed by atoms with Gasteiger partial charge in [0.05, 0.1) is 39.6 Å². The summed E-state index contributed by atoms with van der Waals surface area (Å²) >= 11 is 0. The third-order valence-electron chi connectivity index (χ3n) is 6.62. The second kappa shape index (κ2) is 10.9. The number of fused-ring (bicyclic) bond motifs is 6. The van der Waals surface area contributed by atoms with Crippen molar-refractivity contribution < 1.29 is 29.5 Å². The van der Waals surface area contributed by atoms with Crippen LogP contribution >= 0.6 is 0 Å². The highest BCUT2D eigenvalue weighted by Gasteiger charge is 2.20. The highest BCUT2D eigenvalue weighted by atomic mass is 16.5. The first-order chi connectivity index (χ1) is 17.2.